The number of anilines is 1. The third kappa shape index (κ3) is 4.09. The molecule has 1 heterocycles. The average molecular weight is 244 g/mol. The SMILES string of the molecule is COc1nc(NCCCSC)nc(OC)n1. The van der Waals surface area contributed by atoms with E-state index in [0.29, 0.717) is 5.95 Å². The van der Waals surface area contributed by atoms with Gasteiger partial charge in [0.2, 0.25) is 5.95 Å². The van der Waals surface area contributed by atoms with Gasteiger partial charge in [-0.25, -0.2) is 0 Å². The number of nitrogens with one attached hydrogen (secondary N) is 1. The van der Waals surface area contributed by atoms with Gasteiger partial charge in [0.1, 0.15) is 0 Å². The van der Waals surface area contributed by atoms with Crippen LogP contribution >= 0.6 is 11.8 Å². The molecular weight excluding hydrogens is 228 g/mol. The van der Waals surface area contributed by atoms with Crippen LogP contribution in [-0.4, -0.2) is 47.7 Å². The zero-order valence-corrected chi connectivity index (χ0v) is 10.5. The molecule has 0 aliphatic heterocycles. The fourth-order valence-electron chi connectivity index (χ4n) is 1.02. The standard InChI is InChI=1S/C9H16N4O2S/c1-14-8-11-7(10-5-4-6-16-3)12-9(13-8)15-2/h4-6H2,1-3H3,(H,10,11,12,13). The number of thioether (sulfide) groups is 1. The first kappa shape index (κ1) is 12.8. The van der Waals surface area contributed by atoms with Crippen LogP contribution < -0.4 is 14.8 Å². The lowest BCUT2D eigenvalue weighted by atomic mass is 10.5. The predicted molar refractivity (Wildman–Crippen MR) is 64.4 cm³/mol. The van der Waals surface area contributed by atoms with E-state index >= 15 is 0 Å². The van der Waals surface area contributed by atoms with Crippen molar-refractivity contribution in [2.24, 2.45) is 0 Å². The second-order valence-electron chi connectivity index (χ2n) is 2.91. The first-order valence-electron chi connectivity index (χ1n) is 4.87. The zero-order valence-electron chi connectivity index (χ0n) is 9.69. The molecule has 7 heteroatoms. The number of hydrogen-bond acceptors (Lipinski definition) is 7. The molecule has 0 amide bonds. The maximum Gasteiger partial charge on any atom is 0.324 e. The van der Waals surface area contributed by atoms with Crippen LogP contribution in [0.3, 0.4) is 0 Å². The highest BCUT2D eigenvalue weighted by Gasteiger charge is 2.05. The molecule has 6 nitrogen and oxygen atoms in total. The molecule has 16 heavy (non-hydrogen) atoms. The van der Waals surface area contributed by atoms with E-state index in [0.717, 1.165) is 18.7 Å². The van der Waals surface area contributed by atoms with Crippen molar-refractivity contribution in [1.29, 1.82) is 0 Å². The number of ether oxygens (including phenoxy) is 2. The minimum absolute atomic E-state index is 0.249. The van der Waals surface area contributed by atoms with E-state index < -0.39 is 0 Å². The summed E-state index contributed by atoms with van der Waals surface area (Å²) < 4.78 is 9.88. The van der Waals surface area contributed by atoms with Crippen molar-refractivity contribution in [2.45, 2.75) is 6.42 Å². The Kier molecular flexibility index (Phi) is 5.69. The fourth-order valence-corrected chi connectivity index (χ4v) is 1.45. The highest BCUT2D eigenvalue weighted by Crippen LogP contribution is 2.11. The van der Waals surface area contributed by atoms with Gasteiger partial charge in [-0.3, -0.25) is 0 Å². The van der Waals surface area contributed by atoms with E-state index in [2.05, 4.69) is 26.5 Å². The zero-order chi connectivity index (χ0) is 11.8. The van der Waals surface area contributed by atoms with Crippen LogP contribution in [0, 0.1) is 0 Å². The number of nitrogens with zero attached hydrogens (tertiary/aromatic N) is 3. The normalized spacial score (nSPS) is 9.94. The lowest BCUT2D eigenvalue weighted by Gasteiger charge is -2.06. The molecule has 0 saturated heterocycles. The largest absolute Gasteiger partial charge is 0.467 e. The van der Waals surface area contributed by atoms with E-state index in [9.17, 15) is 0 Å². The molecule has 0 aliphatic rings. The van der Waals surface area contributed by atoms with E-state index in [-0.39, 0.29) is 12.0 Å². The van der Waals surface area contributed by atoms with Crippen molar-refractivity contribution < 1.29 is 9.47 Å². The third-order valence-corrected chi connectivity index (χ3v) is 2.46. The van der Waals surface area contributed by atoms with Gasteiger partial charge in [-0.15, -0.1) is 4.98 Å². The molecular formula is C9H16N4O2S. The highest BCUT2D eigenvalue weighted by molar-refractivity contribution is 7.98. The van der Waals surface area contributed by atoms with Crippen molar-refractivity contribution in [3.63, 3.8) is 0 Å². The first-order chi connectivity index (χ1) is 7.80. The number of aromatic nitrogens is 3. The molecule has 1 rings (SSSR count). The molecule has 1 N–H and O–H groups in total. The molecule has 0 bridgehead atoms. The summed E-state index contributed by atoms with van der Waals surface area (Å²) in [7, 11) is 3.01. The lowest BCUT2D eigenvalue weighted by Crippen LogP contribution is -2.09. The van der Waals surface area contributed by atoms with Gasteiger partial charge in [0.05, 0.1) is 14.2 Å². The Morgan fingerprint density at radius 1 is 1.12 bits per heavy atom. The third-order valence-electron chi connectivity index (χ3n) is 1.77. The van der Waals surface area contributed by atoms with Gasteiger partial charge in [-0.05, 0) is 18.4 Å². The van der Waals surface area contributed by atoms with Gasteiger partial charge in [0.25, 0.3) is 0 Å². The molecule has 90 valence electrons. The summed E-state index contributed by atoms with van der Waals surface area (Å²) in [6.07, 6.45) is 3.13. The second-order valence-corrected chi connectivity index (χ2v) is 3.89. The highest BCUT2D eigenvalue weighted by atomic mass is 32.2. The predicted octanol–water partition coefficient (Wildman–Crippen LogP) is 1.05. The quantitative estimate of drug-likeness (QED) is 0.719. The van der Waals surface area contributed by atoms with Crippen molar-refractivity contribution >= 4 is 17.7 Å². The number of rotatable bonds is 7. The number of hydrogen-bond donors (Lipinski definition) is 1. The lowest BCUT2D eigenvalue weighted by molar-refractivity contribution is 0.341. The van der Waals surface area contributed by atoms with E-state index in [1.165, 1.54) is 14.2 Å². The summed E-state index contributed by atoms with van der Waals surface area (Å²) in [5.74, 6) is 1.58. The summed E-state index contributed by atoms with van der Waals surface area (Å²) in [6.45, 7) is 0.817. The molecule has 0 spiro atoms. The Balaban J connectivity index is 2.57. The topological polar surface area (TPSA) is 69.2 Å². The average Bonchev–Trinajstić information content (AvgIpc) is 2.34. The maximum atomic E-state index is 4.94. The van der Waals surface area contributed by atoms with Crippen molar-refractivity contribution in [2.75, 3.05) is 38.1 Å². The molecule has 1 aromatic rings. The Morgan fingerprint density at radius 3 is 2.25 bits per heavy atom. The monoisotopic (exact) mass is 244 g/mol. The van der Waals surface area contributed by atoms with Crippen LogP contribution in [0.1, 0.15) is 6.42 Å². The molecule has 0 unspecified atom stereocenters. The second kappa shape index (κ2) is 7.10. The van der Waals surface area contributed by atoms with Crippen LogP contribution in [0.2, 0.25) is 0 Å². The molecule has 0 atom stereocenters. The van der Waals surface area contributed by atoms with Crippen molar-refractivity contribution in [1.82, 2.24) is 15.0 Å². The molecule has 1 aromatic heterocycles. The van der Waals surface area contributed by atoms with Crippen LogP contribution in [-0.2, 0) is 0 Å². The van der Waals surface area contributed by atoms with Gasteiger partial charge in [0.15, 0.2) is 0 Å². The maximum absolute atomic E-state index is 4.94. The van der Waals surface area contributed by atoms with Crippen molar-refractivity contribution in [3.8, 4) is 12.0 Å². The van der Waals surface area contributed by atoms with Crippen LogP contribution in [0.15, 0.2) is 0 Å². The Morgan fingerprint density at radius 2 is 1.75 bits per heavy atom. The van der Waals surface area contributed by atoms with Crippen LogP contribution in [0.25, 0.3) is 0 Å². The summed E-state index contributed by atoms with van der Waals surface area (Å²) in [6, 6.07) is 0.499. The molecule has 0 saturated carbocycles. The summed E-state index contributed by atoms with van der Waals surface area (Å²) in [5.41, 5.74) is 0. The molecule has 0 aromatic carbocycles. The van der Waals surface area contributed by atoms with Gasteiger partial charge in [-0.2, -0.15) is 21.7 Å². The summed E-state index contributed by atoms with van der Waals surface area (Å²) >= 11 is 1.81. The Hall–Kier alpha value is -1.24. The minimum atomic E-state index is 0.249. The Bertz CT molecular complexity index is 302. The van der Waals surface area contributed by atoms with Gasteiger partial charge < -0.3 is 14.8 Å². The molecule has 0 radical (unpaired) electrons. The smallest absolute Gasteiger partial charge is 0.324 e. The van der Waals surface area contributed by atoms with E-state index in [1.54, 1.807) is 0 Å². The van der Waals surface area contributed by atoms with Crippen LogP contribution in [0.4, 0.5) is 5.95 Å². The summed E-state index contributed by atoms with van der Waals surface area (Å²) in [4.78, 5) is 12.0. The van der Waals surface area contributed by atoms with Gasteiger partial charge in [0, 0.05) is 6.54 Å². The molecule has 0 aliphatic carbocycles. The Labute approximate surface area is 99.2 Å². The number of methoxy groups -OCH3 is 2. The van der Waals surface area contributed by atoms with Gasteiger partial charge in [-0.1, -0.05) is 0 Å². The fraction of sp³-hybridized carbons (Fsp3) is 0.667. The van der Waals surface area contributed by atoms with Gasteiger partial charge >= 0.3 is 12.0 Å². The molecule has 0 fully saturated rings. The minimum Gasteiger partial charge on any atom is -0.467 e. The summed E-state index contributed by atoms with van der Waals surface area (Å²) in [5, 5.41) is 3.09. The van der Waals surface area contributed by atoms with Crippen molar-refractivity contribution in [3.05, 3.63) is 0 Å². The van der Waals surface area contributed by atoms with Crippen LogP contribution in [0.5, 0.6) is 12.0 Å². The van der Waals surface area contributed by atoms with E-state index in [1.807, 2.05) is 11.8 Å². The van der Waals surface area contributed by atoms with E-state index in [4.69, 9.17) is 9.47 Å². The first-order valence-corrected chi connectivity index (χ1v) is 6.26.